The number of alkyl halides is 2. The average molecular weight is 231 g/mol. The largest absolute Gasteiger partial charge is 0.480 e. The summed E-state index contributed by atoms with van der Waals surface area (Å²) < 4.78 is 45.7. The fraction of sp³-hybridized carbons (Fsp3) is 0.833. The molecule has 0 aromatic carbocycles. The van der Waals surface area contributed by atoms with Crippen LogP contribution < -0.4 is 5.73 Å². The normalized spacial score (nSPS) is 16.6. The molecule has 8 heteroatoms. The summed E-state index contributed by atoms with van der Waals surface area (Å²) in [7, 11) is -3.50. The SMILES string of the molecule is CS(=O)(=O)CCC(N)(C(=O)O)C(F)F. The Kier molecular flexibility index (Phi) is 3.95. The van der Waals surface area contributed by atoms with E-state index in [4.69, 9.17) is 10.8 Å². The van der Waals surface area contributed by atoms with Gasteiger partial charge in [0, 0.05) is 6.26 Å². The summed E-state index contributed by atoms with van der Waals surface area (Å²) in [5, 5.41) is 8.40. The lowest BCUT2D eigenvalue weighted by atomic mass is 9.99. The summed E-state index contributed by atoms with van der Waals surface area (Å²) in [6.45, 7) is 0. The number of halogens is 2. The molecule has 0 saturated heterocycles. The van der Waals surface area contributed by atoms with Gasteiger partial charge in [0.1, 0.15) is 9.84 Å². The van der Waals surface area contributed by atoms with E-state index in [0.29, 0.717) is 0 Å². The highest BCUT2D eigenvalue weighted by molar-refractivity contribution is 7.90. The fourth-order valence-electron chi connectivity index (χ4n) is 0.664. The van der Waals surface area contributed by atoms with Crippen molar-refractivity contribution in [2.45, 2.75) is 18.4 Å². The van der Waals surface area contributed by atoms with Crippen molar-refractivity contribution in [2.24, 2.45) is 5.73 Å². The van der Waals surface area contributed by atoms with E-state index < -0.39 is 39.9 Å². The monoisotopic (exact) mass is 231 g/mol. The zero-order chi connectivity index (χ0) is 11.6. The Hall–Kier alpha value is -0.760. The number of carboxylic acids is 1. The van der Waals surface area contributed by atoms with E-state index in [1.54, 1.807) is 0 Å². The van der Waals surface area contributed by atoms with Gasteiger partial charge in [-0.1, -0.05) is 0 Å². The van der Waals surface area contributed by atoms with Gasteiger partial charge in [-0.15, -0.1) is 0 Å². The lowest BCUT2D eigenvalue weighted by Crippen LogP contribution is -2.55. The summed E-state index contributed by atoms with van der Waals surface area (Å²) in [6, 6.07) is 0. The third kappa shape index (κ3) is 3.54. The highest BCUT2D eigenvalue weighted by Gasteiger charge is 2.44. The van der Waals surface area contributed by atoms with Crippen molar-refractivity contribution in [2.75, 3.05) is 12.0 Å². The quantitative estimate of drug-likeness (QED) is 0.662. The summed E-state index contributed by atoms with van der Waals surface area (Å²) in [6.07, 6.45) is -3.29. The summed E-state index contributed by atoms with van der Waals surface area (Å²) >= 11 is 0. The van der Waals surface area contributed by atoms with Crippen molar-refractivity contribution in [1.29, 1.82) is 0 Å². The van der Waals surface area contributed by atoms with E-state index in [1.807, 2.05) is 0 Å². The van der Waals surface area contributed by atoms with Crippen LogP contribution >= 0.6 is 0 Å². The molecule has 0 fully saturated rings. The minimum atomic E-state index is -3.50. The highest BCUT2D eigenvalue weighted by Crippen LogP contribution is 2.18. The minimum Gasteiger partial charge on any atom is -0.480 e. The second-order valence-corrected chi connectivity index (χ2v) is 5.29. The van der Waals surface area contributed by atoms with E-state index in [-0.39, 0.29) is 0 Å². The molecule has 0 aliphatic carbocycles. The van der Waals surface area contributed by atoms with E-state index in [2.05, 4.69) is 0 Å². The maximum atomic E-state index is 12.2. The maximum absolute atomic E-state index is 12.2. The van der Waals surface area contributed by atoms with Crippen LogP contribution in [-0.4, -0.2) is 43.5 Å². The van der Waals surface area contributed by atoms with Crippen LogP contribution in [0.5, 0.6) is 0 Å². The number of hydrogen-bond acceptors (Lipinski definition) is 4. The fourth-order valence-corrected chi connectivity index (χ4v) is 1.37. The summed E-state index contributed by atoms with van der Waals surface area (Å²) in [5.74, 6) is -2.59. The highest BCUT2D eigenvalue weighted by atomic mass is 32.2. The molecule has 0 saturated carbocycles. The third-order valence-corrected chi connectivity index (χ3v) is 2.62. The molecule has 14 heavy (non-hydrogen) atoms. The van der Waals surface area contributed by atoms with Gasteiger partial charge in [0.15, 0.2) is 5.54 Å². The number of rotatable bonds is 5. The lowest BCUT2D eigenvalue weighted by molar-refractivity contribution is -0.149. The summed E-state index contributed by atoms with van der Waals surface area (Å²) in [4.78, 5) is 10.4. The van der Waals surface area contributed by atoms with Crippen molar-refractivity contribution < 1.29 is 27.1 Å². The molecule has 0 spiro atoms. The zero-order valence-corrected chi connectivity index (χ0v) is 8.22. The van der Waals surface area contributed by atoms with Gasteiger partial charge in [-0.25, -0.2) is 22.0 Å². The predicted molar refractivity (Wildman–Crippen MR) is 44.9 cm³/mol. The minimum absolute atomic E-state index is 0.680. The molecule has 0 rings (SSSR count). The number of sulfone groups is 1. The number of aliphatic carboxylic acids is 1. The van der Waals surface area contributed by atoms with E-state index in [9.17, 15) is 22.0 Å². The van der Waals surface area contributed by atoms with Crippen molar-refractivity contribution in [3.63, 3.8) is 0 Å². The molecule has 0 bridgehead atoms. The molecule has 84 valence electrons. The number of hydrogen-bond donors (Lipinski definition) is 2. The molecule has 1 unspecified atom stereocenters. The first-order valence-electron chi connectivity index (χ1n) is 3.58. The molecule has 1 atom stereocenters. The molecule has 0 radical (unpaired) electrons. The van der Waals surface area contributed by atoms with E-state index in [1.165, 1.54) is 0 Å². The van der Waals surface area contributed by atoms with Crippen LogP contribution in [0.25, 0.3) is 0 Å². The maximum Gasteiger partial charge on any atom is 0.329 e. The Morgan fingerprint density at radius 3 is 2.21 bits per heavy atom. The summed E-state index contributed by atoms with van der Waals surface area (Å²) in [5.41, 5.74) is 2.09. The van der Waals surface area contributed by atoms with Crippen LogP contribution in [0, 0.1) is 0 Å². The van der Waals surface area contributed by atoms with Crippen molar-refractivity contribution >= 4 is 15.8 Å². The Balaban J connectivity index is 4.64. The van der Waals surface area contributed by atoms with Gasteiger partial charge in [0.05, 0.1) is 5.75 Å². The first-order valence-corrected chi connectivity index (χ1v) is 5.64. The Morgan fingerprint density at radius 1 is 1.57 bits per heavy atom. The van der Waals surface area contributed by atoms with Gasteiger partial charge >= 0.3 is 5.97 Å². The van der Waals surface area contributed by atoms with E-state index >= 15 is 0 Å². The van der Waals surface area contributed by atoms with Crippen LogP contribution in [0.4, 0.5) is 8.78 Å². The van der Waals surface area contributed by atoms with Crippen LogP contribution in [0.1, 0.15) is 6.42 Å². The molecule has 0 aliphatic rings. The molecule has 0 amide bonds. The second-order valence-electron chi connectivity index (χ2n) is 3.03. The van der Waals surface area contributed by atoms with Crippen LogP contribution in [-0.2, 0) is 14.6 Å². The molecule has 3 N–H and O–H groups in total. The smallest absolute Gasteiger partial charge is 0.329 e. The van der Waals surface area contributed by atoms with Crippen LogP contribution in [0.2, 0.25) is 0 Å². The van der Waals surface area contributed by atoms with Gasteiger partial charge in [-0.05, 0) is 6.42 Å². The first kappa shape index (κ1) is 13.2. The Labute approximate surface area is 79.8 Å². The van der Waals surface area contributed by atoms with Gasteiger partial charge < -0.3 is 10.8 Å². The van der Waals surface area contributed by atoms with Gasteiger partial charge in [0.2, 0.25) is 0 Å². The molecule has 0 heterocycles. The van der Waals surface area contributed by atoms with Crippen molar-refractivity contribution in [3.05, 3.63) is 0 Å². The standard InChI is InChI=1S/C6H11F2NO4S/c1-14(12,13)3-2-6(9,4(7)8)5(10)11/h4H,2-3,9H2,1H3,(H,10,11). The molecule has 0 aliphatic heterocycles. The number of nitrogens with two attached hydrogens (primary N) is 1. The number of carboxylic acid groups (broad SMARTS) is 1. The van der Waals surface area contributed by atoms with Gasteiger partial charge in [-0.2, -0.15) is 0 Å². The molecule has 0 aromatic heterocycles. The molecule has 5 nitrogen and oxygen atoms in total. The Bertz CT molecular complexity index is 316. The molecule has 0 aromatic rings. The zero-order valence-electron chi connectivity index (χ0n) is 7.41. The van der Waals surface area contributed by atoms with Gasteiger partial charge in [-0.3, -0.25) is 0 Å². The third-order valence-electron chi connectivity index (χ3n) is 1.67. The predicted octanol–water partition coefficient (Wildman–Crippen LogP) is -0.532. The molecular formula is C6H11F2NO4S. The van der Waals surface area contributed by atoms with Crippen LogP contribution in [0.3, 0.4) is 0 Å². The van der Waals surface area contributed by atoms with Gasteiger partial charge in [0.25, 0.3) is 6.43 Å². The second kappa shape index (κ2) is 4.18. The van der Waals surface area contributed by atoms with Crippen LogP contribution in [0.15, 0.2) is 0 Å². The topological polar surface area (TPSA) is 97.5 Å². The average Bonchev–Trinajstić information content (AvgIpc) is 1.97. The van der Waals surface area contributed by atoms with E-state index in [0.717, 1.165) is 6.26 Å². The molecular weight excluding hydrogens is 220 g/mol. The van der Waals surface area contributed by atoms with Crippen molar-refractivity contribution in [3.8, 4) is 0 Å². The lowest BCUT2D eigenvalue weighted by Gasteiger charge is -2.22. The van der Waals surface area contributed by atoms with Crippen molar-refractivity contribution in [1.82, 2.24) is 0 Å². The Morgan fingerprint density at radius 2 is 2.00 bits per heavy atom. The number of carbonyl (C=O) groups is 1. The first-order chi connectivity index (χ1) is 6.09.